The molecule has 4 rings (SSSR count). The molecule has 1 unspecified atom stereocenters. The fourth-order valence-corrected chi connectivity index (χ4v) is 4.18. The monoisotopic (exact) mass is 441 g/mol. The zero-order valence-corrected chi connectivity index (χ0v) is 17.1. The van der Waals surface area contributed by atoms with Gasteiger partial charge in [-0.25, -0.2) is 18.2 Å². The molecule has 1 saturated carbocycles. The summed E-state index contributed by atoms with van der Waals surface area (Å²) in [6, 6.07) is 6.96. The molecule has 1 fully saturated rings. The summed E-state index contributed by atoms with van der Waals surface area (Å²) in [6.45, 7) is 0. The number of nitrogens with one attached hydrogen (secondary N) is 1. The van der Waals surface area contributed by atoms with Gasteiger partial charge in [0.25, 0.3) is 5.91 Å². The van der Waals surface area contributed by atoms with Crippen LogP contribution < -0.4 is 16.8 Å². The van der Waals surface area contributed by atoms with Gasteiger partial charge in [-0.1, -0.05) is 6.07 Å². The van der Waals surface area contributed by atoms with E-state index in [2.05, 4.69) is 15.3 Å². The lowest BCUT2D eigenvalue weighted by molar-refractivity contribution is 0.102. The van der Waals surface area contributed by atoms with Gasteiger partial charge in [0.2, 0.25) is 0 Å². The number of benzene rings is 1. The van der Waals surface area contributed by atoms with E-state index in [9.17, 15) is 18.0 Å². The highest BCUT2D eigenvalue weighted by Gasteiger charge is 2.28. The molecule has 2 heterocycles. The lowest BCUT2D eigenvalue weighted by Gasteiger charge is -2.32. The molecule has 1 amide bonds. The zero-order chi connectivity index (χ0) is 22.8. The average molecular weight is 441 g/mol. The number of carbonyl (C=O) groups excluding carboxylic acids is 1. The van der Waals surface area contributed by atoms with Crippen LogP contribution in [0.5, 0.6) is 0 Å². The van der Waals surface area contributed by atoms with Crippen LogP contribution in [0, 0.1) is 17.5 Å². The van der Waals surface area contributed by atoms with Gasteiger partial charge in [-0.15, -0.1) is 0 Å². The van der Waals surface area contributed by atoms with Gasteiger partial charge >= 0.3 is 0 Å². The predicted octanol–water partition coefficient (Wildman–Crippen LogP) is 3.74. The van der Waals surface area contributed by atoms with Crippen molar-refractivity contribution < 1.29 is 18.0 Å². The van der Waals surface area contributed by atoms with Crippen LogP contribution in [0.3, 0.4) is 0 Å². The number of rotatable bonds is 4. The van der Waals surface area contributed by atoms with Crippen molar-refractivity contribution in [1.82, 2.24) is 9.97 Å². The van der Waals surface area contributed by atoms with E-state index in [0.29, 0.717) is 18.5 Å². The Morgan fingerprint density at radius 2 is 1.62 bits per heavy atom. The highest BCUT2D eigenvalue weighted by atomic mass is 19.1. The van der Waals surface area contributed by atoms with Gasteiger partial charge in [0.1, 0.15) is 28.8 Å². The second-order valence-corrected chi connectivity index (χ2v) is 7.96. The number of halogens is 3. The number of aromatic nitrogens is 2. The highest BCUT2D eigenvalue weighted by molar-refractivity contribution is 6.03. The van der Waals surface area contributed by atoms with Crippen molar-refractivity contribution in [3.8, 4) is 11.3 Å². The summed E-state index contributed by atoms with van der Waals surface area (Å²) in [5.74, 6) is -3.53. The number of pyridine rings is 2. The van der Waals surface area contributed by atoms with E-state index >= 15 is 0 Å². The molecule has 1 aliphatic carbocycles. The molecule has 9 heteroatoms. The third kappa shape index (κ3) is 4.49. The summed E-state index contributed by atoms with van der Waals surface area (Å²) in [5, 5.41) is 2.73. The van der Waals surface area contributed by atoms with Crippen LogP contribution in [0.4, 0.5) is 18.9 Å². The molecule has 32 heavy (non-hydrogen) atoms. The molecule has 0 saturated heterocycles. The summed E-state index contributed by atoms with van der Waals surface area (Å²) in [6.07, 6.45) is 5.28. The van der Waals surface area contributed by atoms with Crippen molar-refractivity contribution in [3.63, 3.8) is 0 Å². The summed E-state index contributed by atoms with van der Waals surface area (Å²) in [4.78, 5) is 20.9. The number of anilines is 1. The van der Waals surface area contributed by atoms with E-state index in [-0.39, 0.29) is 23.7 Å². The first-order valence-corrected chi connectivity index (χ1v) is 10.2. The molecule has 1 aromatic carbocycles. The second-order valence-electron chi connectivity index (χ2n) is 7.96. The third-order valence-corrected chi connectivity index (χ3v) is 5.60. The van der Waals surface area contributed by atoms with Crippen LogP contribution in [-0.2, 0) is 0 Å². The molecular weight excluding hydrogens is 419 g/mol. The summed E-state index contributed by atoms with van der Waals surface area (Å²) >= 11 is 0. The van der Waals surface area contributed by atoms with Crippen molar-refractivity contribution in [2.24, 2.45) is 11.5 Å². The van der Waals surface area contributed by atoms with E-state index in [4.69, 9.17) is 11.5 Å². The lowest BCUT2D eigenvalue weighted by Crippen LogP contribution is -2.39. The van der Waals surface area contributed by atoms with E-state index in [0.717, 1.165) is 42.3 Å². The highest BCUT2D eigenvalue weighted by Crippen LogP contribution is 2.35. The number of amides is 1. The Kier molecular flexibility index (Phi) is 6.20. The quantitative estimate of drug-likeness (QED) is 0.572. The maximum atomic E-state index is 14.3. The van der Waals surface area contributed by atoms with E-state index in [1.807, 2.05) is 0 Å². The second kappa shape index (κ2) is 9.05. The first kappa shape index (κ1) is 21.9. The van der Waals surface area contributed by atoms with Gasteiger partial charge in [0.05, 0.1) is 17.4 Å². The van der Waals surface area contributed by atoms with Crippen LogP contribution >= 0.6 is 0 Å². The van der Waals surface area contributed by atoms with Crippen LogP contribution in [0.2, 0.25) is 0 Å². The Balaban J connectivity index is 1.64. The van der Waals surface area contributed by atoms with Crippen molar-refractivity contribution >= 4 is 11.6 Å². The molecular formula is C23H22F3N5O. The average Bonchev–Trinajstić information content (AvgIpc) is 2.74. The normalized spacial score (nSPS) is 20.7. The van der Waals surface area contributed by atoms with Crippen LogP contribution in [-0.4, -0.2) is 28.0 Å². The standard InChI is InChI=1S/C23H22F3N5O/c24-16-2-1-3-17(25)21(16)22-18(26)4-5-19(30-22)23(32)31-20-11-29-7-6-15(20)12-8-13(27)10-14(28)9-12/h1-7,11-14H,8-10,27-28H2,(H,31,32)/t12?,13-,14+. The zero-order valence-electron chi connectivity index (χ0n) is 17.1. The van der Waals surface area contributed by atoms with Crippen LogP contribution in [0.25, 0.3) is 11.3 Å². The maximum Gasteiger partial charge on any atom is 0.274 e. The Bertz CT molecular complexity index is 1130. The molecule has 0 bridgehead atoms. The Morgan fingerprint density at radius 3 is 2.31 bits per heavy atom. The topological polar surface area (TPSA) is 107 Å². The number of hydrogen-bond donors (Lipinski definition) is 3. The minimum Gasteiger partial charge on any atom is -0.328 e. The maximum absolute atomic E-state index is 14.3. The number of nitrogens with two attached hydrogens (primary N) is 2. The molecule has 2 aromatic heterocycles. The largest absolute Gasteiger partial charge is 0.328 e. The molecule has 5 N–H and O–H groups in total. The van der Waals surface area contributed by atoms with Crippen LogP contribution in [0.15, 0.2) is 48.8 Å². The summed E-state index contributed by atoms with van der Waals surface area (Å²) < 4.78 is 42.6. The van der Waals surface area contributed by atoms with Gasteiger partial charge in [0.15, 0.2) is 0 Å². The molecule has 0 radical (unpaired) electrons. The molecule has 166 valence electrons. The molecule has 6 nitrogen and oxygen atoms in total. The van der Waals surface area contributed by atoms with Gasteiger partial charge in [0, 0.05) is 18.3 Å². The Labute approximate surface area is 182 Å². The van der Waals surface area contributed by atoms with E-state index < -0.39 is 34.6 Å². The Hall–Kier alpha value is -3.30. The van der Waals surface area contributed by atoms with E-state index in [1.165, 1.54) is 6.20 Å². The molecule has 0 spiro atoms. The van der Waals surface area contributed by atoms with Gasteiger partial charge in [-0.05, 0) is 61.1 Å². The minimum absolute atomic E-state index is 0.0382. The first-order chi connectivity index (χ1) is 15.3. The fraction of sp³-hybridized carbons (Fsp3) is 0.261. The van der Waals surface area contributed by atoms with E-state index in [1.54, 1.807) is 12.3 Å². The number of carbonyl (C=O) groups is 1. The van der Waals surface area contributed by atoms with Crippen molar-refractivity contribution in [2.45, 2.75) is 37.3 Å². The van der Waals surface area contributed by atoms with Crippen molar-refractivity contribution in [1.29, 1.82) is 0 Å². The predicted molar refractivity (Wildman–Crippen MR) is 114 cm³/mol. The van der Waals surface area contributed by atoms with Crippen LogP contribution in [0.1, 0.15) is 41.2 Å². The summed E-state index contributed by atoms with van der Waals surface area (Å²) in [7, 11) is 0. The SMILES string of the molecule is N[C@@H]1CC(c2ccncc2NC(=O)c2ccc(F)c(-c3c(F)cccc3F)n2)C[C@H](N)C1. The van der Waals surface area contributed by atoms with Gasteiger partial charge in [-0.2, -0.15) is 0 Å². The lowest BCUT2D eigenvalue weighted by atomic mass is 9.79. The Morgan fingerprint density at radius 1 is 0.938 bits per heavy atom. The fourth-order valence-electron chi connectivity index (χ4n) is 4.18. The molecule has 3 aromatic rings. The third-order valence-electron chi connectivity index (χ3n) is 5.60. The minimum atomic E-state index is -0.978. The molecule has 1 aliphatic rings. The van der Waals surface area contributed by atoms with Gasteiger partial charge in [-0.3, -0.25) is 9.78 Å². The van der Waals surface area contributed by atoms with Crippen molar-refractivity contribution in [3.05, 3.63) is 77.5 Å². The number of nitrogens with zero attached hydrogens (tertiary/aromatic N) is 2. The first-order valence-electron chi connectivity index (χ1n) is 10.2. The van der Waals surface area contributed by atoms with Crippen molar-refractivity contribution in [2.75, 3.05) is 5.32 Å². The number of hydrogen-bond acceptors (Lipinski definition) is 5. The molecule has 0 aliphatic heterocycles. The molecule has 3 atom stereocenters. The van der Waals surface area contributed by atoms with Gasteiger partial charge < -0.3 is 16.8 Å². The smallest absolute Gasteiger partial charge is 0.274 e. The summed E-state index contributed by atoms with van der Waals surface area (Å²) in [5.41, 5.74) is 12.1.